The van der Waals surface area contributed by atoms with E-state index in [0.717, 1.165) is 37.7 Å². The van der Waals surface area contributed by atoms with Crippen LogP contribution in [0.2, 0.25) is 5.02 Å². The summed E-state index contributed by atoms with van der Waals surface area (Å²) in [4.78, 5) is 11.9. The summed E-state index contributed by atoms with van der Waals surface area (Å²) in [6, 6.07) is 4.95. The lowest BCUT2D eigenvalue weighted by atomic mass is 10.2. The van der Waals surface area contributed by atoms with Gasteiger partial charge in [0.2, 0.25) is 5.91 Å². The fourth-order valence-corrected chi connectivity index (χ4v) is 3.09. The van der Waals surface area contributed by atoms with Crippen LogP contribution in [0.5, 0.6) is 5.75 Å². The number of halogens is 1. The normalized spacial score (nSPS) is 12.1. The van der Waals surface area contributed by atoms with E-state index in [1.165, 1.54) is 31.7 Å². The Hall–Kier alpha value is -2.26. The Bertz CT molecular complexity index is 735. The number of carbonyl (C=O) groups excluding carboxylic acids is 1. The van der Waals surface area contributed by atoms with Gasteiger partial charge in [-0.1, -0.05) is 86.0 Å². The van der Waals surface area contributed by atoms with Crippen molar-refractivity contribution in [3.63, 3.8) is 0 Å². The van der Waals surface area contributed by atoms with E-state index in [2.05, 4.69) is 60.8 Å². The van der Waals surface area contributed by atoms with Crippen molar-refractivity contribution >= 4 is 17.5 Å². The van der Waals surface area contributed by atoms with Crippen molar-refractivity contribution < 1.29 is 9.90 Å². The fourth-order valence-electron chi connectivity index (χ4n) is 2.89. The molecule has 4 heteroatoms. The topological polar surface area (TPSA) is 49.3 Å². The number of allylic oxidation sites excluding steroid dienone is 8. The predicted octanol–water partition coefficient (Wildman–Crippen LogP) is 7.81. The van der Waals surface area contributed by atoms with E-state index in [0.29, 0.717) is 18.0 Å². The van der Waals surface area contributed by atoms with Crippen LogP contribution in [0.1, 0.15) is 76.7 Å². The van der Waals surface area contributed by atoms with Gasteiger partial charge in [0.25, 0.3) is 0 Å². The van der Waals surface area contributed by atoms with E-state index in [9.17, 15) is 9.90 Å². The molecule has 0 atom stereocenters. The van der Waals surface area contributed by atoms with Crippen molar-refractivity contribution in [3.05, 3.63) is 77.4 Å². The van der Waals surface area contributed by atoms with Crippen LogP contribution in [0.15, 0.2) is 66.8 Å². The first-order valence-corrected chi connectivity index (χ1v) is 11.8. The first-order chi connectivity index (χ1) is 15.1. The molecule has 3 nitrogen and oxygen atoms in total. The Balaban J connectivity index is 2.00. The maximum Gasteiger partial charge on any atom is 0.220 e. The SMILES string of the molecule is CCCCCC=CCC=CCC=CCC=CCCCC(=O)NCc1ccc(O)c(Cl)c1. The largest absolute Gasteiger partial charge is 0.506 e. The number of phenolic OH excluding ortho intramolecular Hbond substituents is 1. The van der Waals surface area contributed by atoms with Gasteiger partial charge in [0.05, 0.1) is 5.02 Å². The van der Waals surface area contributed by atoms with Gasteiger partial charge in [-0.2, -0.15) is 0 Å². The van der Waals surface area contributed by atoms with Crippen LogP contribution in [0.3, 0.4) is 0 Å². The molecule has 0 heterocycles. The summed E-state index contributed by atoms with van der Waals surface area (Å²) in [7, 11) is 0. The monoisotopic (exact) mass is 443 g/mol. The summed E-state index contributed by atoms with van der Waals surface area (Å²) in [6.45, 7) is 2.65. The molecule has 31 heavy (non-hydrogen) atoms. The minimum atomic E-state index is 0.0279. The number of hydrogen-bond acceptors (Lipinski definition) is 2. The minimum absolute atomic E-state index is 0.0279. The Labute approximate surface area is 193 Å². The highest BCUT2D eigenvalue weighted by molar-refractivity contribution is 6.32. The molecule has 1 aromatic carbocycles. The van der Waals surface area contributed by atoms with Crippen LogP contribution >= 0.6 is 11.6 Å². The first-order valence-electron chi connectivity index (χ1n) is 11.5. The van der Waals surface area contributed by atoms with E-state index >= 15 is 0 Å². The Morgan fingerprint density at radius 2 is 1.48 bits per heavy atom. The molecule has 0 saturated carbocycles. The third-order valence-electron chi connectivity index (χ3n) is 4.73. The maximum absolute atomic E-state index is 11.9. The van der Waals surface area contributed by atoms with Gasteiger partial charge in [-0.05, 0) is 62.6 Å². The lowest BCUT2D eigenvalue weighted by Crippen LogP contribution is -2.22. The third-order valence-corrected chi connectivity index (χ3v) is 5.04. The fraction of sp³-hybridized carbons (Fsp3) is 0.444. The predicted molar refractivity (Wildman–Crippen MR) is 133 cm³/mol. The van der Waals surface area contributed by atoms with Gasteiger partial charge in [0, 0.05) is 13.0 Å². The van der Waals surface area contributed by atoms with E-state index in [1.807, 2.05) is 0 Å². The summed E-state index contributed by atoms with van der Waals surface area (Å²) >= 11 is 5.86. The molecule has 0 aliphatic heterocycles. The van der Waals surface area contributed by atoms with Gasteiger partial charge in [0.1, 0.15) is 5.75 Å². The zero-order chi connectivity index (χ0) is 22.6. The molecular formula is C27H38ClNO2. The highest BCUT2D eigenvalue weighted by Crippen LogP contribution is 2.23. The second-order valence-electron chi connectivity index (χ2n) is 7.54. The van der Waals surface area contributed by atoms with Crippen molar-refractivity contribution in [2.24, 2.45) is 0 Å². The summed E-state index contributed by atoms with van der Waals surface area (Å²) in [6.07, 6.45) is 27.9. The maximum atomic E-state index is 11.9. The van der Waals surface area contributed by atoms with Crippen LogP contribution in [0.4, 0.5) is 0 Å². The molecule has 2 N–H and O–H groups in total. The average Bonchev–Trinajstić information content (AvgIpc) is 2.76. The minimum Gasteiger partial charge on any atom is -0.506 e. The molecule has 0 aliphatic rings. The standard InChI is InChI=1S/C27H38ClNO2/c1-2-3-4-5-6-7-8-9-10-11-12-13-14-15-16-17-18-19-27(31)29-23-24-20-21-26(30)25(28)22-24/h6-7,9-10,12-13,15-16,20-22,30H,2-5,8,11,14,17-19,23H2,1H3,(H,29,31). The zero-order valence-electron chi connectivity index (χ0n) is 18.9. The van der Waals surface area contributed by atoms with Gasteiger partial charge >= 0.3 is 0 Å². The van der Waals surface area contributed by atoms with E-state index in [1.54, 1.807) is 12.1 Å². The van der Waals surface area contributed by atoms with E-state index in [4.69, 9.17) is 11.6 Å². The van der Waals surface area contributed by atoms with Crippen LogP contribution in [0, 0.1) is 0 Å². The third kappa shape index (κ3) is 15.2. The van der Waals surface area contributed by atoms with Crippen LogP contribution in [-0.4, -0.2) is 11.0 Å². The van der Waals surface area contributed by atoms with Crippen molar-refractivity contribution in [2.45, 2.75) is 77.7 Å². The Morgan fingerprint density at radius 1 is 0.903 bits per heavy atom. The van der Waals surface area contributed by atoms with Crippen molar-refractivity contribution in [2.75, 3.05) is 0 Å². The van der Waals surface area contributed by atoms with Crippen LogP contribution < -0.4 is 5.32 Å². The van der Waals surface area contributed by atoms with Crippen molar-refractivity contribution in [1.29, 1.82) is 0 Å². The van der Waals surface area contributed by atoms with E-state index in [-0.39, 0.29) is 11.7 Å². The molecule has 0 spiro atoms. The second kappa shape index (κ2) is 18.5. The first kappa shape index (κ1) is 26.8. The van der Waals surface area contributed by atoms with Crippen molar-refractivity contribution in [3.8, 4) is 5.75 Å². The number of amides is 1. The zero-order valence-corrected chi connectivity index (χ0v) is 19.6. The number of phenols is 1. The molecule has 0 bridgehead atoms. The van der Waals surface area contributed by atoms with Crippen LogP contribution in [-0.2, 0) is 11.3 Å². The molecule has 0 saturated heterocycles. The quantitative estimate of drug-likeness (QED) is 0.202. The number of carbonyl (C=O) groups is 1. The molecule has 170 valence electrons. The summed E-state index contributed by atoms with van der Waals surface area (Å²) < 4.78 is 0. The van der Waals surface area contributed by atoms with E-state index < -0.39 is 0 Å². The summed E-state index contributed by atoms with van der Waals surface area (Å²) in [5, 5.41) is 12.6. The Morgan fingerprint density at radius 3 is 2.06 bits per heavy atom. The Kier molecular flexibility index (Phi) is 16.0. The number of benzene rings is 1. The highest BCUT2D eigenvalue weighted by atomic mass is 35.5. The lowest BCUT2D eigenvalue weighted by Gasteiger charge is -2.06. The molecule has 0 aromatic heterocycles. The van der Waals surface area contributed by atoms with Gasteiger partial charge in [-0.15, -0.1) is 0 Å². The summed E-state index contributed by atoms with van der Waals surface area (Å²) in [5.74, 6) is 0.0795. The number of aromatic hydroxyl groups is 1. The molecule has 1 amide bonds. The molecule has 0 aliphatic carbocycles. The van der Waals surface area contributed by atoms with Gasteiger partial charge in [-0.25, -0.2) is 0 Å². The highest BCUT2D eigenvalue weighted by Gasteiger charge is 2.03. The van der Waals surface area contributed by atoms with Gasteiger partial charge in [0.15, 0.2) is 0 Å². The number of hydrogen-bond donors (Lipinski definition) is 2. The van der Waals surface area contributed by atoms with Crippen LogP contribution in [0.25, 0.3) is 0 Å². The smallest absolute Gasteiger partial charge is 0.220 e. The average molecular weight is 444 g/mol. The molecule has 0 radical (unpaired) electrons. The number of unbranched alkanes of at least 4 members (excludes halogenated alkanes) is 4. The molecule has 1 aromatic rings. The molecule has 1 rings (SSSR count). The molecular weight excluding hydrogens is 406 g/mol. The van der Waals surface area contributed by atoms with Gasteiger partial charge < -0.3 is 10.4 Å². The van der Waals surface area contributed by atoms with Crippen molar-refractivity contribution in [1.82, 2.24) is 5.32 Å². The summed E-state index contributed by atoms with van der Waals surface area (Å²) in [5.41, 5.74) is 0.872. The van der Waals surface area contributed by atoms with Gasteiger partial charge in [-0.3, -0.25) is 4.79 Å². The lowest BCUT2D eigenvalue weighted by molar-refractivity contribution is -0.121. The number of nitrogens with one attached hydrogen (secondary N) is 1. The second-order valence-corrected chi connectivity index (χ2v) is 7.95. The molecule has 0 unspecified atom stereocenters. The number of rotatable bonds is 16. The molecule has 0 fully saturated rings.